The van der Waals surface area contributed by atoms with Gasteiger partial charge in [-0.05, 0) is 92.4 Å². The fraction of sp³-hybridized carbons (Fsp3) is 0.375. The average Bonchev–Trinajstić information content (AvgIpc) is 3.51. The van der Waals surface area contributed by atoms with E-state index in [4.69, 9.17) is 27.9 Å². The number of carbonyl (C=O) groups is 2. The van der Waals surface area contributed by atoms with Crippen LogP contribution in [-0.4, -0.2) is 50.4 Å². The van der Waals surface area contributed by atoms with Crippen LogP contribution < -0.4 is 14.4 Å². The Morgan fingerprint density at radius 2 is 1.64 bits per heavy atom. The second-order valence-corrected chi connectivity index (χ2v) is 13.3. The van der Waals surface area contributed by atoms with Gasteiger partial charge in [0, 0.05) is 12.6 Å². The molecule has 1 saturated carbocycles. The summed E-state index contributed by atoms with van der Waals surface area (Å²) < 4.78 is 48.2. The maximum Gasteiger partial charge on any atom is 0.264 e. The van der Waals surface area contributed by atoms with Crippen LogP contribution in [0, 0.1) is 5.82 Å². The molecule has 1 atom stereocenters. The van der Waals surface area contributed by atoms with Crippen molar-refractivity contribution in [1.82, 2.24) is 10.2 Å². The lowest BCUT2D eigenvalue weighted by atomic mass is 10.1. The van der Waals surface area contributed by atoms with Gasteiger partial charge in [-0.15, -0.1) is 0 Å². The molecular formula is C32H36Cl2FN3O5S. The first-order chi connectivity index (χ1) is 21.0. The molecule has 0 bridgehead atoms. The third-order valence-corrected chi connectivity index (χ3v) is 10.1. The van der Waals surface area contributed by atoms with Crippen molar-refractivity contribution in [3.63, 3.8) is 0 Å². The molecule has 4 rings (SSSR count). The largest absolute Gasteiger partial charge is 0.494 e. The number of anilines is 1. The van der Waals surface area contributed by atoms with Crippen LogP contribution in [0.3, 0.4) is 0 Å². The van der Waals surface area contributed by atoms with Gasteiger partial charge >= 0.3 is 0 Å². The molecule has 1 aliphatic rings. The van der Waals surface area contributed by atoms with E-state index in [1.54, 1.807) is 25.1 Å². The Hall–Kier alpha value is -3.34. The first-order valence-corrected chi connectivity index (χ1v) is 16.8. The molecule has 8 nitrogen and oxygen atoms in total. The smallest absolute Gasteiger partial charge is 0.264 e. The number of ether oxygens (including phenoxy) is 1. The Morgan fingerprint density at radius 3 is 2.23 bits per heavy atom. The Bertz CT molecular complexity index is 1550. The van der Waals surface area contributed by atoms with Crippen molar-refractivity contribution >= 4 is 50.7 Å². The number of amides is 2. The van der Waals surface area contributed by atoms with Crippen molar-refractivity contribution in [3.8, 4) is 5.75 Å². The van der Waals surface area contributed by atoms with E-state index in [2.05, 4.69) is 5.32 Å². The summed E-state index contributed by atoms with van der Waals surface area (Å²) in [6.07, 6.45) is 4.05. The highest BCUT2D eigenvalue weighted by Crippen LogP contribution is 2.28. The third-order valence-electron chi connectivity index (χ3n) is 7.54. The van der Waals surface area contributed by atoms with Gasteiger partial charge in [-0.25, -0.2) is 12.8 Å². The van der Waals surface area contributed by atoms with Gasteiger partial charge in [-0.3, -0.25) is 13.9 Å². The number of sulfonamides is 1. The van der Waals surface area contributed by atoms with Crippen molar-refractivity contribution in [1.29, 1.82) is 0 Å². The highest BCUT2D eigenvalue weighted by Gasteiger charge is 2.34. The molecule has 2 amide bonds. The number of halogens is 3. The van der Waals surface area contributed by atoms with Crippen LogP contribution in [0.5, 0.6) is 5.75 Å². The molecular weight excluding hydrogens is 628 g/mol. The zero-order valence-electron chi connectivity index (χ0n) is 24.6. The number of carbonyl (C=O) groups excluding carboxylic acids is 2. The van der Waals surface area contributed by atoms with Crippen molar-refractivity contribution in [2.24, 2.45) is 0 Å². The summed E-state index contributed by atoms with van der Waals surface area (Å²) in [5, 5.41) is 3.69. The Kier molecular flexibility index (Phi) is 11.5. The molecule has 0 aromatic heterocycles. The first-order valence-electron chi connectivity index (χ1n) is 14.6. The average molecular weight is 665 g/mol. The quantitative estimate of drug-likeness (QED) is 0.223. The summed E-state index contributed by atoms with van der Waals surface area (Å²) in [4.78, 5) is 29.0. The summed E-state index contributed by atoms with van der Waals surface area (Å²) in [6, 6.07) is 14.7. The summed E-state index contributed by atoms with van der Waals surface area (Å²) in [5.74, 6) is -1.00. The molecule has 0 saturated heterocycles. The molecule has 0 heterocycles. The van der Waals surface area contributed by atoms with Crippen LogP contribution in [0.1, 0.15) is 51.5 Å². The van der Waals surface area contributed by atoms with Gasteiger partial charge in [0.1, 0.15) is 24.2 Å². The Morgan fingerprint density at radius 1 is 0.977 bits per heavy atom. The molecule has 1 fully saturated rings. The van der Waals surface area contributed by atoms with Gasteiger partial charge in [0.05, 0.1) is 27.2 Å². The summed E-state index contributed by atoms with van der Waals surface area (Å²) >= 11 is 12.4. The predicted molar refractivity (Wildman–Crippen MR) is 170 cm³/mol. The minimum absolute atomic E-state index is 0.0212. The molecule has 0 unspecified atom stereocenters. The third kappa shape index (κ3) is 8.22. The minimum atomic E-state index is -4.32. The summed E-state index contributed by atoms with van der Waals surface area (Å²) in [6.45, 7) is 3.35. The van der Waals surface area contributed by atoms with Crippen LogP contribution in [-0.2, 0) is 26.2 Å². The van der Waals surface area contributed by atoms with E-state index < -0.39 is 34.3 Å². The SMILES string of the molecule is CCOc1ccc(S(=O)(=O)N(CC(=O)N(Cc2ccc(Cl)c(Cl)c2)[C@H](CC)C(=O)NC2CCCC2)c2ccc(F)cc2)cc1. The highest BCUT2D eigenvalue weighted by atomic mass is 35.5. The predicted octanol–water partition coefficient (Wildman–Crippen LogP) is 6.59. The molecule has 3 aromatic carbocycles. The molecule has 12 heteroatoms. The van der Waals surface area contributed by atoms with Gasteiger partial charge in [-0.2, -0.15) is 0 Å². The van der Waals surface area contributed by atoms with E-state index in [0.29, 0.717) is 22.9 Å². The van der Waals surface area contributed by atoms with Gasteiger partial charge in [0.25, 0.3) is 10.0 Å². The van der Waals surface area contributed by atoms with E-state index in [1.807, 2.05) is 6.92 Å². The van der Waals surface area contributed by atoms with Gasteiger partial charge in [0.2, 0.25) is 11.8 Å². The fourth-order valence-electron chi connectivity index (χ4n) is 5.26. The molecule has 3 aromatic rings. The normalized spacial score (nSPS) is 14.2. The number of hydrogen-bond donors (Lipinski definition) is 1. The second-order valence-electron chi connectivity index (χ2n) is 10.6. The number of benzene rings is 3. The molecule has 0 aliphatic heterocycles. The maximum atomic E-state index is 14.2. The Balaban J connectivity index is 1.71. The standard InChI is InChI=1S/C32H36Cl2FN3O5S/c1-3-30(32(40)36-24-7-5-6-8-24)37(20-22-9-18-28(33)29(34)19-22)31(39)21-38(25-12-10-23(35)11-13-25)44(41,42)27-16-14-26(15-17-27)43-4-2/h9-19,24,30H,3-8,20-21H2,1-2H3,(H,36,40)/t30-/m1/s1. The van der Waals surface area contributed by atoms with Crippen LogP contribution in [0.25, 0.3) is 0 Å². The lowest BCUT2D eigenvalue weighted by Gasteiger charge is -2.34. The monoisotopic (exact) mass is 663 g/mol. The van der Waals surface area contributed by atoms with E-state index in [-0.39, 0.29) is 40.5 Å². The summed E-state index contributed by atoms with van der Waals surface area (Å²) in [5.41, 5.74) is 0.703. The molecule has 1 aliphatic carbocycles. The fourth-order valence-corrected chi connectivity index (χ4v) is 6.99. The van der Waals surface area contributed by atoms with Crippen molar-refractivity contribution in [2.45, 2.75) is 69.5 Å². The van der Waals surface area contributed by atoms with E-state index in [0.717, 1.165) is 42.1 Å². The van der Waals surface area contributed by atoms with Crippen molar-refractivity contribution < 1.29 is 27.1 Å². The topological polar surface area (TPSA) is 96.0 Å². The van der Waals surface area contributed by atoms with E-state index in [1.165, 1.54) is 41.3 Å². The van der Waals surface area contributed by atoms with Crippen LogP contribution in [0.2, 0.25) is 10.0 Å². The van der Waals surface area contributed by atoms with Crippen LogP contribution in [0.15, 0.2) is 71.6 Å². The zero-order chi connectivity index (χ0) is 31.9. The molecule has 236 valence electrons. The minimum Gasteiger partial charge on any atom is -0.494 e. The lowest BCUT2D eigenvalue weighted by molar-refractivity contribution is -0.140. The second kappa shape index (κ2) is 15.1. The van der Waals surface area contributed by atoms with Crippen molar-refractivity contribution in [2.75, 3.05) is 17.5 Å². The number of nitrogens with one attached hydrogen (secondary N) is 1. The van der Waals surface area contributed by atoms with Gasteiger partial charge in [0.15, 0.2) is 0 Å². The first kappa shape index (κ1) is 33.6. The Labute approximate surface area is 268 Å². The molecule has 0 radical (unpaired) electrons. The van der Waals surface area contributed by atoms with Crippen LogP contribution in [0.4, 0.5) is 10.1 Å². The zero-order valence-corrected chi connectivity index (χ0v) is 27.0. The molecule has 0 spiro atoms. The summed E-state index contributed by atoms with van der Waals surface area (Å²) in [7, 11) is -4.32. The van der Waals surface area contributed by atoms with E-state index in [9.17, 15) is 22.4 Å². The van der Waals surface area contributed by atoms with Crippen molar-refractivity contribution in [3.05, 3.63) is 88.2 Å². The molecule has 1 N–H and O–H groups in total. The highest BCUT2D eigenvalue weighted by molar-refractivity contribution is 7.92. The maximum absolute atomic E-state index is 14.2. The van der Waals surface area contributed by atoms with Gasteiger partial charge in [-0.1, -0.05) is 49.0 Å². The lowest BCUT2D eigenvalue weighted by Crippen LogP contribution is -2.53. The van der Waals surface area contributed by atoms with E-state index >= 15 is 0 Å². The molecule has 44 heavy (non-hydrogen) atoms. The van der Waals surface area contributed by atoms with Crippen LogP contribution >= 0.6 is 23.2 Å². The number of rotatable bonds is 13. The number of nitrogens with zero attached hydrogens (tertiary/aromatic N) is 2. The number of hydrogen-bond acceptors (Lipinski definition) is 5. The van der Waals surface area contributed by atoms with Gasteiger partial charge < -0.3 is 15.0 Å².